The number of fused-ring (bicyclic) bond motifs is 1. The lowest BCUT2D eigenvalue weighted by Gasteiger charge is -2.38. The number of para-hydroxylation sites is 1. The lowest BCUT2D eigenvalue weighted by atomic mass is 10.0. The van der Waals surface area contributed by atoms with Gasteiger partial charge in [-0.1, -0.05) is 39.0 Å². The second-order valence-corrected chi connectivity index (χ2v) is 14.8. The highest BCUT2D eigenvalue weighted by Crippen LogP contribution is 2.39. The van der Waals surface area contributed by atoms with Crippen molar-refractivity contribution in [3.05, 3.63) is 68.8 Å². The summed E-state index contributed by atoms with van der Waals surface area (Å²) >= 11 is 0. The zero-order chi connectivity index (χ0) is 23.1. The molecule has 6 nitrogen and oxygen atoms in total. The van der Waals surface area contributed by atoms with E-state index >= 15 is 0 Å². The van der Waals surface area contributed by atoms with Crippen LogP contribution in [0.1, 0.15) is 47.8 Å². The minimum Gasteiger partial charge on any atom is -0.415 e. The molecule has 1 amide bonds. The van der Waals surface area contributed by atoms with Crippen molar-refractivity contribution in [1.82, 2.24) is 0 Å². The SMILES string of the molecule is Cc1cc(C(=O)N2c3ccccc3C[C@H]2CO[Si](C)(C)C(C)(C)C)c([N+](=O)[O-])cc1C. The number of benzene rings is 2. The van der Waals surface area contributed by atoms with Crippen LogP contribution in [0.25, 0.3) is 0 Å². The first-order valence-corrected chi connectivity index (χ1v) is 13.6. The summed E-state index contributed by atoms with van der Waals surface area (Å²) in [6, 6.07) is 10.7. The molecule has 3 rings (SSSR count). The van der Waals surface area contributed by atoms with Gasteiger partial charge in [0.25, 0.3) is 11.6 Å². The third-order valence-corrected chi connectivity index (χ3v) is 11.3. The molecule has 7 heteroatoms. The van der Waals surface area contributed by atoms with Gasteiger partial charge in [-0.25, -0.2) is 0 Å². The van der Waals surface area contributed by atoms with Gasteiger partial charge >= 0.3 is 0 Å². The fourth-order valence-corrected chi connectivity index (χ4v) is 4.69. The van der Waals surface area contributed by atoms with Gasteiger partial charge in [-0.15, -0.1) is 0 Å². The standard InChI is InChI=1S/C24H32N2O4Si/c1-16-12-20(22(26(28)29)13-17(16)2)23(27)25-19(14-18-10-8-9-11-21(18)25)15-30-31(6,7)24(3,4)5/h8-13,19H,14-15H2,1-7H3/t19-/m0/s1. The molecule has 1 aliphatic heterocycles. The Morgan fingerprint density at radius 1 is 1.19 bits per heavy atom. The Hall–Kier alpha value is -2.51. The second kappa shape index (κ2) is 8.20. The first-order chi connectivity index (χ1) is 14.3. The van der Waals surface area contributed by atoms with Gasteiger partial charge in [0.15, 0.2) is 8.32 Å². The summed E-state index contributed by atoms with van der Waals surface area (Å²) in [5, 5.41) is 11.8. The molecule has 0 aromatic heterocycles. The van der Waals surface area contributed by atoms with Crippen molar-refractivity contribution >= 4 is 25.6 Å². The van der Waals surface area contributed by atoms with Gasteiger partial charge in [0.05, 0.1) is 17.6 Å². The number of carbonyl (C=O) groups excluding carboxylic acids is 1. The summed E-state index contributed by atoms with van der Waals surface area (Å²) in [5.41, 5.74) is 3.50. The van der Waals surface area contributed by atoms with Gasteiger partial charge in [-0.2, -0.15) is 0 Å². The minimum absolute atomic E-state index is 0.0557. The molecule has 0 radical (unpaired) electrons. The maximum absolute atomic E-state index is 13.7. The normalized spacial score (nSPS) is 16.4. The fraction of sp³-hybridized carbons (Fsp3) is 0.458. The van der Waals surface area contributed by atoms with Crippen molar-refractivity contribution in [2.45, 2.75) is 65.2 Å². The molecule has 0 spiro atoms. The number of carbonyl (C=O) groups is 1. The number of rotatable bonds is 5. The first-order valence-electron chi connectivity index (χ1n) is 10.6. The van der Waals surface area contributed by atoms with Crippen LogP contribution in [0.3, 0.4) is 0 Å². The van der Waals surface area contributed by atoms with Crippen LogP contribution >= 0.6 is 0 Å². The molecule has 1 heterocycles. The van der Waals surface area contributed by atoms with E-state index in [1.165, 1.54) is 6.07 Å². The Labute approximate surface area is 185 Å². The van der Waals surface area contributed by atoms with Gasteiger partial charge in [-0.05, 0) is 67.2 Å². The van der Waals surface area contributed by atoms with Gasteiger partial charge in [0.2, 0.25) is 0 Å². The average molecular weight is 441 g/mol. The molecule has 0 N–H and O–H groups in total. The van der Waals surface area contributed by atoms with Gasteiger partial charge in [0, 0.05) is 11.8 Å². The van der Waals surface area contributed by atoms with Crippen molar-refractivity contribution in [3.63, 3.8) is 0 Å². The topological polar surface area (TPSA) is 72.7 Å². The molecule has 0 aliphatic carbocycles. The molecular weight excluding hydrogens is 408 g/mol. The largest absolute Gasteiger partial charge is 0.415 e. The predicted molar refractivity (Wildman–Crippen MR) is 126 cm³/mol. The van der Waals surface area contributed by atoms with Crippen molar-refractivity contribution in [3.8, 4) is 0 Å². The number of nitrogens with zero attached hydrogens (tertiary/aromatic N) is 2. The van der Waals surface area contributed by atoms with E-state index in [1.54, 1.807) is 11.0 Å². The van der Waals surface area contributed by atoms with Gasteiger partial charge < -0.3 is 9.33 Å². The molecule has 2 aromatic rings. The quantitative estimate of drug-likeness (QED) is 0.334. The maximum Gasteiger partial charge on any atom is 0.282 e. The van der Waals surface area contributed by atoms with Gasteiger partial charge in [0.1, 0.15) is 5.56 Å². The minimum atomic E-state index is -2.01. The van der Waals surface area contributed by atoms with Crippen LogP contribution in [-0.4, -0.2) is 31.8 Å². The first kappa shape index (κ1) is 23.2. The van der Waals surface area contributed by atoms with Crippen LogP contribution in [0.4, 0.5) is 11.4 Å². The highest BCUT2D eigenvalue weighted by atomic mass is 28.4. The van der Waals surface area contributed by atoms with Crippen molar-refractivity contribution in [2.24, 2.45) is 0 Å². The molecule has 2 aromatic carbocycles. The number of nitro groups is 1. The van der Waals surface area contributed by atoms with E-state index in [0.29, 0.717) is 13.0 Å². The summed E-state index contributed by atoms with van der Waals surface area (Å²) in [6.07, 6.45) is 0.676. The number of nitro benzene ring substituents is 1. The molecule has 31 heavy (non-hydrogen) atoms. The Morgan fingerprint density at radius 2 is 1.81 bits per heavy atom. The lowest BCUT2D eigenvalue weighted by Crippen LogP contribution is -2.47. The fourth-order valence-electron chi connectivity index (χ4n) is 3.64. The Morgan fingerprint density at radius 3 is 2.42 bits per heavy atom. The summed E-state index contributed by atoms with van der Waals surface area (Å²) in [7, 11) is -2.01. The molecule has 0 unspecified atom stereocenters. The Bertz CT molecular complexity index is 1030. The van der Waals surface area contributed by atoms with Crippen LogP contribution in [0, 0.1) is 24.0 Å². The Kier molecular flexibility index (Phi) is 6.13. The number of aryl methyl sites for hydroxylation is 2. The third kappa shape index (κ3) is 4.43. The van der Waals surface area contributed by atoms with E-state index in [4.69, 9.17) is 4.43 Å². The molecule has 0 bridgehead atoms. The van der Waals surface area contributed by atoms with E-state index < -0.39 is 13.2 Å². The molecule has 166 valence electrons. The number of hydrogen-bond acceptors (Lipinski definition) is 4. The molecule has 1 aliphatic rings. The summed E-state index contributed by atoms with van der Waals surface area (Å²) in [4.78, 5) is 26.7. The number of amides is 1. The highest BCUT2D eigenvalue weighted by Gasteiger charge is 2.41. The maximum atomic E-state index is 13.7. The molecule has 0 saturated carbocycles. The predicted octanol–water partition coefficient (Wildman–Crippen LogP) is 5.80. The third-order valence-electron chi connectivity index (χ3n) is 6.77. The van der Waals surface area contributed by atoms with Crippen molar-refractivity contribution in [1.29, 1.82) is 0 Å². The molecular formula is C24H32N2O4Si. The summed E-state index contributed by atoms with van der Waals surface area (Å²) < 4.78 is 6.46. The number of hydrogen-bond donors (Lipinski definition) is 0. The summed E-state index contributed by atoms with van der Waals surface area (Å²) in [5.74, 6) is -0.344. The van der Waals surface area contributed by atoms with Crippen molar-refractivity contribution in [2.75, 3.05) is 11.5 Å². The van der Waals surface area contributed by atoms with Crippen LogP contribution in [0.15, 0.2) is 36.4 Å². The lowest BCUT2D eigenvalue weighted by molar-refractivity contribution is -0.385. The Balaban J connectivity index is 2.01. The molecule has 0 saturated heterocycles. The average Bonchev–Trinajstić information content (AvgIpc) is 3.05. The van der Waals surface area contributed by atoms with E-state index in [0.717, 1.165) is 22.4 Å². The zero-order valence-electron chi connectivity index (χ0n) is 19.5. The van der Waals surface area contributed by atoms with E-state index in [1.807, 2.05) is 38.1 Å². The smallest absolute Gasteiger partial charge is 0.282 e. The van der Waals surface area contributed by atoms with Crippen LogP contribution in [-0.2, 0) is 10.8 Å². The van der Waals surface area contributed by atoms with Gasteiger partial charge in [-0.3, -0.25) is 14.9 Å². The highest BCUT2D eigenvalue weighted by molar-refractivity contribution is 6.74. The van der Waals surface area contributed by atoms with Crippen molar-refractivity contribution < 1.29 is 14.1 Å². The monoisotopic (exact) mass is 440 g/mol. The van der Waals surface area contributed by atoms with Crippen LogP contribution in [0.2, 0.25) is 18.1 Å². The van der Waals surface area contributed by atoms with E-state index in [9.17, 15) is 14.9 Å². The second-order valence-electron chi connectivity index (χ2n) is 9.94. The van der Waals surface area contributed by atoms with Crippen LogP contribution in [0.5, 0.6) is 0 Å². The molecule has 0 fully saturated rings. The number of anilines is 1. The van der Waals surface area contributed by atoms with E-state index in [-0.39, 0.29) is 28.2 Å². The summed E-state index contributed by atoms with van der Waals surface area (Å²) in [6.45, 7) is 15.0. The van der Waals surface area contributed by atoms with E-state index in [2.05, 4.69) is 33.9 Å². The molecule has 1 atom stereocenters. The van der Waals surface area contributed by atoms with Crippen LogP contribution < -0.4 is 4.90 Å². The zero-order valence-corrected chi connectivity index (χ0v) is 20.5.